The molecule has 0 bridgehead atoms. The van der Waals surface area contributed by atoms with E-state index in [2.05, 4.69) is 59.4 Å². The Labute approximate surface area is 288 Å². The number of amides is 1. The third-order valence-corrected chi connectivity index (χ3v) is 12.4. The van der Waals surface area contributed by atoms with E-state index in [0.29, 0.717) is 48.9 Å². The van der Waals surface area contributed by atoms with Crippen LogP contribution in [0.25, 0.3) is 22.2 Å². The van der Waals surface area contributed by atoms with Crippen LogP contribution in [0.1, 0.15) is 104 Å². The minimum atomic E-state index is -0.322. The van der Waals surface area contributed by atoms with Crippen molar-refractivity contribution in [1.29, 1.82) is 0 Å². The fourth-order valence-corrected chi connectivity index (χ4v) is 8.97. The zero-order chi connectivity index (χ0) is 33.1. The Morgan fingerprint density at radius 1 is 0.980 bits per heavy atom. The first-order valence-electron chi connectivity index (χ1n) is 18.8. The summed E-state index contributed by atoms with van der Waals surface area (Å²) in [4.78, 5) is 22.6. The van der Waals surface area contributed by atoms with E-state index in [-0.39, 0.29) is 18.1 Å². The normalized spacial score (nSPS) is 21.6. The Balaban J connectivity index is 0.886. The monoisotopic (exact) mass is 660 g/mol. The molecule has 2 aliphatic heterocycles. The summed E-state index contributed by atoms with van der Waals surface area (Å²) >= 11 is 0. The van der Waals surface area contributed by atoms with Crippen LogP contribution in [-0.4, -0.2) is 64.4 Å². The third kappa shape index (κ3) is 6.00. The first-order chi connectivity index (χ1) is 23.9. The second-order valence-corrected chi connectivity index (χ2v) is 15.8. The van der Waals surface area contributed by atoms with Crippen LogP contribution in [0, 0.1) is 18.3 Å². The molecule has 1 N–H and O–H groups in total. The van der Waals surface area contributed by atoms with Crippen molar-refractivity contribution in [2.75, 3.05) is 31.1 Å². The second-order valence-electron chi connectivity index (χ2n) is 15.8. The quantitative estimate of drug-likeness (QED) is 0.206. The van der Waals surface area contributed by atoms with Gasteiger partial charge in [0.15, 0.2) is 0 Å². The van der Waals surface area contributed by atoms with Crippen LogP contribution in [0.2, 0.25) is 0 Å². The van der Waals surface area contributed by atoms with Crippen LogP contribution in [0.5, 0.6) is 5.75 Å². The average molecular weight is 661 g/mol. The molecule has 8 heteroatoms. The van der Waals surface area contributed by atoms with Gasteiger partial charge in [0.05, 0.1) is 17.7 Å². The molecule has 3 saturated carbocycles. The number of aromatic nitrogens is 2. The number of aliphatic hydroxyl groups excluding tert-OH is 1. The molecule has 0 unspecified atom stereocenters. The van der Waals surface area contributed by atoms with Gasteiger partial charge in [0.25, 0.3) is 5.91 Å². The van der Waals surface area contributed by atoms with Crippen molar-refractivity contribution in [3.63, 3.8) is 0 Å². The number of likely N-dealkylation sites (tertiary alicyclic amines) is 1. The summed E-state index contributed by atoms with van der Waals surface area (Å²) in [5, 5.41) is 15.6. The summed E-state index contributed by atoms with van der Waals surface area (Å²) in [5.41, 5.74) is 7.82. The van der Waals surface area contributed by atoms with Crippen molar-refractivity contribution in [2.45, 2.75) is 102 Å². The molecule has 8 nitrogen and oxygen atoms in total. The molecule has 2 aromatic heterocycles. The van der Waals surface area contributed by atoms with Gasteiger partial charge in [-0.3, -0.25) is 4.79 Å². The van der Waals surface area contributed by atoms with E-state index in [1.807, 2.05) is 11.0 Å². The van der Waals surface area contributed by atoms with Crippen molar-refractivity contribution >= 4 is 22.5 Å². The van der Waals surface area contributed by atoms with Crippen LogP contribution >= 0.6 is 0 Å². The standard InChI is InChI=1S/C41H48N4O4/c1-26-5-2-3-8-32(26)38-34(39(49-43-38)28-9-10-28)21-27-24-41(25-27)15-19-44(20-16-41)29-11-12-35-33(22-29)37(48-31-6-4-7-31)23-36(42-35)40(47)45-17-13-30(46)14-18-45/h2-3,5,8,11-12,22-23,27-28,30-31,46H,4,6-7,9-10,13-21,24-25H2,1H3. The highest BCUT2D eigenvalue weighted by Crippen LogP contribution is 2.55. The highest BCUT2D eigenvalue weighted by molar-refractivity contribution is 5.98. The second kappa shape index (κ2) is 12.4. The molecule has 4 heterocycles. The maximum Gasteiger partial charge on any atom is 0.272 e. The maximum atomic E-state index is 13.4. The molecule has 49 heavy (non-hydrogen) atoms. The first-order valence-corrected chi connectivity index (χ1v) is 18.8. The summed E-state index contributed by atoms with van der Waals surface area (Å²) in [7, 11) is 0. The largest absolute Gasteiger partial charge is 0.490 e. The molecule has 5 fully saturated rings. The number of fused-ring (bicyclic) bond motifs is 1. The Hall–Kier alpha value is -3.91. The number of benzene rings is 2. The average Bonchev–Trinajstić information content (AvgIpc) is 3.85. The van der Waals surface area contributed by atoms with Crippen molar-refractivity contribution < 1.29 is 19.2 Å². The van der Waals surface area contributed by atoms with Gasteiger partial charge < -0.3 is 24.2 Å². The maximum absolute atomic E-state index is 13.4. The van der Waals surface area contributed by atoms with E-state index in [1.54, 1.807) is 0 Å². The number of hydrogen-bond acceptors (Lipinski definition) is 7. The van der Waals surface area contributed by atoms with Gasteiger partial charge in [0.2, 0.25) is 0 Å². The lowest BCUT2D eigenvalue weighted by molar-refractivity contribution is 0.0282. The smallest absolute Gasteiger partial charge is 0.272 e. The summed E-state index contributed by atoms with van der Waals surface area (Å²) in [6, 6.07) is 16.9. The number of anilines is 1. The van der Waals surface area contributed by atoms with Gasteiger partial charge in [0.1, 0.15) is 22.9 Å². The predicted octanol–water partition coefficient (Wildman–Crippen LogP) is 7.84. The van der Waals surface area contributed by atoms with E-state index in [1.165, 1.54) is 67.3 Å². The van der Waals surface area contributed by atoms with E-state index in [4.69, 9.17) is 14.2 Å². The molecule has 0 atom stereocenters. The first kappa shape index (κ1) is 31.1. The fraction of sp³-hybridized carbons (Fsp3) is 0.537. The van der Waals surface area contributed by atoms with Gasteiger partial charge in [-0.1, -0.05) is 29.4 Å². The number of aryl methyl sites for hydroxylation is 1. The molecule has 3 aliphatic carbocycles. The van der Waals surface area contributed by atoms with Gasteiger partial charge >= 0.3 is 0 Å². The van der Waals surface area contributed by atoms with Crippen molar-refractivity contribution in [2.24, 2.45) is 11.3 Å². The summed E-state index contributed by atoms with van der Waals surface area (Å²) < 4.78 is 12.5. The molecular formula is C41H48N4O4. The zero-order valence-electron chi connectivity index (χ0n) is 28.7. The number of nitrogens with zero attached hydrogens (tertiary/aromatic N) is 4. The Morgan fingerprint density at radius 3 is 2.47 bits per heavy atom. The summed E-state index contributed by atoms with van der Waals surface area (Å²) in [6.45, 7) is 5.40. The van der Waals surface area contributed by atoms with Crippen LogP contribution in [0.3, 0.4) is 0 Å². The van der Waals surface area contributed by atoms with Gasteiger partial charge in [-0.05, 0) is 119 Å². The third-order valence-electron chi connectivity index (χ3n) is 12.4. The van der Waals surface area contributed by atoms with E-state index in [9.17, 15) is 9.90 Å². The number of pyridine rings is 1. The lowest BCUT2D eigenvalue weighted by Crippen LogP contribution is -2.47. The minimum absolute atomic E-state index is 0.0735. The van der Waals surface area contributed by atoms with Crippen LogP contribution in [0.15, 0.2) is 53.1 Å². The van der Waals surface area contributed by atoms with Crippen molar-refractivity contribution in [1.82, 2.24) is 15.0 Å². The SMILES string of the molecule is Cc1ccccc1-c1noc(C2CC2)c1CC1CC2(CCN(c3ccc4nc(C(=O)N5CCC(O)CC5)cc(OC5CCC5)c4c3)CC2)C1. The number of ether oxygens (including phenoxy) is 1. The van der Waals surface area contributed by atoms with Crippen molar-refractivity contribution in [3.8, 4) is 17.0 Å². The Morgan fingerprint density at radius 2 is 1.76 bits per heavy atom. The zero-order valence-corrected chi connectivity index (χ0v) is 28.7. The summed E-state index contributed by atoms with van der Waals surface area (Å²) in [5.74, 6) is 3.11. The lowest BCUT2D eigenvalue weighted by atomic mass is 9.56. The number of hydrogen-bond donors (Lipinski definition) is 1. The molecular weight excluding hydrogens is 612 g/mol. The number of carbonyl (C=O) groups excluding carboxylic acids is 1. The van der Waals surface area contributed by atoms with Gasteiger partial charge in [-0.2, -0.15) is 0 Å². The number of aliphatic hydroxyl groups is 1. The molecule has 1 spiro atoms. The van der Waals surface area contributed by atoms with Gasteiger partial charge in [-0.15, -0.1) is 0 Å². The molecule has 2 aromatic carbocycles. The molecule has 256 valence electrons. The number of carbonyl (C=O) groups is 1. The van der Waals surface area contributed by atoms with Crippen LogP contribution in [-0.2, 0) is 6.42 Å². The van der Waals surface area contributed by atoms with E-state index < -0.39 is 0 Å². The number of rotatable bonds is 8. The van der Waals surface area contributed by atoms with Crippen LogP contribution < -0.4 is 9.64 Å². The number of piperidine rings is 2. The minimum Gasteiger partial charge on any atom is -0.490 e. The molecule has 4 aromatic rings. The highest BCUT2D eigenvalue weighted by atomic mass is 16.5. The molecule has 9 rings (SSSR count). The topological polar surface area (TPSA) is 91.9 Å². The highest BCUT2D eigenvalue weighted by Gasteiger charge is 2.47. The van der Waals surface area contributed by atoms with E-state index >= 15 is 0 Å². The fourth-order valence-electron chi connectivity index (χ4n) is 8.97. The van der Waals surface area contributed by atoms with E-state index in [0.717, 1.165) is 60.5 Å². The van der Waals surface area contributed by atoms with Crippen LogP contribution in [0.4, 0.5) is 5.69 Å². The molecule has 0 radical (unpaired) electrons. The lowest BCUT2D eigenvalue weighted by Gasteiger charge is -2.53. The Kier molecular flexibility index (Phi) is 7.90. The van der Waals surface area contributed by atoms with Crippen molar-refractivity contribution in [3.05, 3.63) is 71.1 Å². The van der Waals surface area contributed by atoms with Gasteiger partial charge in [0, 0.05) is 60.4 Å². The van der Waals surface area contributed by atoms with Gasteiger partial charge in [-0.25, -0.2) is 4.98 Å². The summed E-state index contributed by atoms with van der Waals surface area (Å²) in [6.07, 6.45) is 12.9. The predicted molar refractivity (Wildman–Crippen MR) is 190 cm³/mol. The Bertz CT molecular complexity index is 1850. The molecule has 5 aliphatic rings. The molecule has 1 amide bonds. The molecule has 2 saturated heterocycles.